The highest BCUT2D eigenvalue weighted by molar-refractivity contribution is 5.79. The van der Waals surface area contributed by atoms with Gasteiger partial charge in [-0.3, -0.25) is 9.48 Å². The van der Waals surface area contributed by atoms with Gasteiger partial charge in [0, 0.05) is 32.8 Å². The Balaban J connectivity index is 2.14. The fraction of sp³-hybridized carbons (Fsp3) is 0.556. The van der Waals surface area contributed by atoms with Crippen molar-refractivity contribution in [3.8, 4) is 0 Å². The van der Waals surface area contributed by atoms with E-state index in [4.69, 9.17) is 11.5 Å². The zero-order valence-corrected chi connectivity index (χ0v) is 8.81. The third-order valence-corrected chi connectivity index (χ3v) is 2.06. The highest BCUT2D eigenvalue weighted by Crippen LogP contribution is 1.93. The normalized spacial score (nSPS) is 12.7. The fourth-order valence-corrected chi connectivity index (χ4v) is 1.17. The van der Waals surface area contributed by atoms with E-state index in [0.29, 0.717) is 6.54 Å². The Morgan fingerprint density at radius 3 is 3.00 bits per heavy atom. The average molecular weight is 211 g/mol. The van der Waals surface area contributed by atoms with Gasteiger partial charge < -0.3 is 16.8 Å². The number of nitrogens with two attached hydrogens (primary N) is 2. The summed E-state index contributed by atoms with van der Waals surface area (Å²) < 4.78 is 1.75. The SMILES string of the molecule is Cn1ccc(CCNCC(N)C(N)=O)n1. The molecule has 0 saturated carbocycles. The second-order valence-electron chi connectivity index (χ2n) is 3.44. The number of aryl methyl sites for hydroxylation is 1. The Kier molecular flexibility index (Phi) is 4.26. The number of carbonyl (C=O) groups excluding carboxylic acids is 1. The quantitative estimate of drug-likeness (QED) is 0.492. The van der Waals surface area contributed by atoms with Gasteiger partial charge in [-0.25, -0.2) is 0 Å². The molecular formula is C9H17N5O. The smallest absolute Gasteiger partial charge is 0.235 e. The molecule has 0 radical (unpaired) electrons. The Labute approximate surface area is 88.6 Å². The summed E-state index contributed by atoms with van der Waals surface area (Å²) in [5.41, 5.74) is 11.5. The number of aromatic nitrogens is 2. The second-order valence-corrected chi connectivity index (χ2v) is 3.44. The van der Waals surface area contributed by atoms with Gasteiger partial charge in [0.2, 0.25) is 5.91 Å². The van der Waals surface area contributed by atoms with Gasteiger partial charge in [-0.05, 0) is 6.07 Å². The number of amides is 1. The molecule has 0 aliphatic carbocycles. The van der Waals surface area contributed by atoms with Crippen LogP contribution >= 0.6 is 0 Å². The molecule has 0 bridgehead atoms. The third kappa shape index (κ3) is 4.09. The average Bonchev–Trinajstić information content (AvgIpc) is 2.58. The number of nitrogens with one attached hydrogen (secondary N) is 1. The van der Waals surface area contributed by atoms with Gasteiger partial charge in [0.15, 0.2) is 0 Å². The Morgan fingerprint density at radius 1 is 1.73 bits per heavy atom. The molecule has 0 fully saturated rings. The largest absolute Gasteiger partial charge is 0.368 e. The van der Waals surface area contributed by atoms with Gasteiger partial charge >= 0.3 is 0 Å². The summed E-state index contributed by atoms with van der Waals surface area (Å²) in [6.07, 6.45) is 2.71. The Morgan fingerprint density at radius 2 is 2.47 bits per heavy atom. The first kappa shape index (κ1) is 11.7. The maximum atomic E-state index is 10.6. The lowest BCUT2D eigenvalue weighted by atomic mass is 10.3. The summed E-state index contributed by atoms with van der Waals surface area (Å²) in [4.78, 5) is 10.6. The number of rotatable bonds is 6. The van der Waals surface area contributed by atoms with Crippen molar-refractivity contribution in [2.24, 2.45) is 18.5 Å². The highest BCUT2D eigenvalue weighted by atomic mass is 16.1. The molecule has 6 heteroatoms. The predicted molar refractivity (Wildman–Crippen MR) is 57.0 cm³/mol. The molecule has 0 aliphatic heterocycles. The van der Waals surface area contributed by atoms with Crippen LogP contribution in [0.15, 0.2) is 12.3 Å². The summed E-state index contributed by atoms with van der Waals surface area (Å²) in [5, 5.41) is 7.27. The Hall–Kier alpha value is -1.40. The van der Waals surface area contributed by atoms with E-state index in [1.807, 2.05) is 19.3 Å². The zero-order valence-electron chi connectivity index (χ0n) is 8.81. The van der Waals surface area contributed by atoms with Crippen LogP contribution in [0.2, 0.25) is 0 Å². The minimum Gasteiger partial charge on any atom is -0.368 e. The van der Waals surface area contributed by atoms with Crippen molar-refractivity contribution in [1.82, 2.24) is 15.1 Å². The van der Waals surface area contributed by atoms with Crippen LogP contribution in [0.5, 0.6) is 0 Å². The number of nitrogens with zero attached hydrogens (tertiary/aromatic N) is 2. The van der Waals surface area contributed by atoms with Crippen LogP contribution in [0.3, 0.4) is 0 Å². The lowest BCUT2D eigenvalue weighted by molar-refractivity contribution is -0.119. The molecule has 0 saturated heterocycles. The van der Waals surface area contributed by atoms with E-state index >= 15 is 0 Å². The molecule has 1 amide bonds. The number of carbonyl (C=O) groups is 1. The third-order valence-electron chi connectivity index (χ3n) is 2.06. The van der Waals surface area contributed by atoms with Crippen molar-refractivity contribution in [3.63, 3.8) is 0 Å². The molecule has 84 valence electrons. The van der Waals surface area contributed by atoms with Crippen molar-refractivity contribution in [2.45, 2.75) is 12.5 Å². The van der Waals surface area contributed by atoms with Gasteiger partial charge in [-0.15, -0.1) is 0 Å². The number of primary amides is 1. The van der Waals surface area contributed by atoms with Gasteiger partial charge in [0.25, 0.3) is 0 Å². The fourth-order valence-electron chi connectivity index (χ4n) is 1.17. The molecule has 1 rings (SSSR count). The summed E-state index contributed by atoms with van der Waals surface area (Å²) in [5.74, 6) is -0.486. The minimum atomic E-state index is -0.617. The zero-order chi connectivity index (χ0) is 11.3. The molecule has 1 aromatic rings. The molecule has 6 nitrogen and oxygen atoms in total. The van der Waals surface area contributed by atoms with Crippen molar-refractivity contribution < 1.29 is 4.79 Å². The second kappa shape index (κ2) is 5.47. The standard InChI is InChI=1S/C9H17N5O/c1-14-5-3-7(13-14)2-4-12-6-8(10)9(11)15/h3,5,8,12H,2,4,6,10H2,1H3,(H2,11,15). The summed E-state index contributed by atoms with van der Waals surface area (Å²) in [6, 6.07) is 1.34. The minimum absolute atomic E-state index is 0.405. The van der Waals surface area contributed by atoms with Crippen molar-refractivity contribution in [2.75, 3.05) is 13.1 Å². The Bertz CT molecular complexity index is 322. The highest BCUT2D eigenvalue weighted by Gasteiger charge is 2.07. The van der Waals surface area contributed by atoms with Crippen molar-refractivity contribution >= 4 is 5.91 Å². The van der Waals surface area contributed by atoms with Crippen LogP contribution in [0.4, 0.5) is 0 Å². The molecule has 1 aromatic heterocycles. The van der Waals surface area contributed by atoms with E-state index in [1.54, 1.807) is 4.68 Å². The van der Waals surface area contributed by atoms with Crippen LogP contribution in [0, 0.1) is 0 Å². The molecule has 1 atom stereocenters. The topological polar surface area (TPSA) is 99.0 Å². The first-order valence-electron chi connectivity index (χ1n) is 4.83. The van der Waals surface area contributed by atoms with Crippen LogP contribution in [-0.4, -0.2) is 34.8 Å². The molecule has 0 aromatic carbocycles. The summed E-state index contributed by atoms with van der Waals surface area (Å²) in [7, 11) is 1.87. The summed E-state index contributed by atoms with van der Waals surface area (Å²) >= 11 is 0. The molecule has 1 unspecified atom stereocenters. The van der Waals surface area contributed by atoms with Crippen molar-refractivity contribution in [3.05, 3.63) is 18.0 Å². The maximum absolute atomic E-state index is 10.6. The van der Waals surface area contributed by atoms with Crippen LogP contribution < -0.4 is 16.8 Å². The lowest BCUT2D eigenvalue weighted by Gasteiger charge is -2.07. The van der Waals surface area contributed by atoms with Gasteiger partial charge in [-0.2, -0.15) is 5.10 Å². The van der Waals surface area contributed by atoms with Gasteiger partial charge in [0.05, 0.1) is 11.7 Å². The first-order valence-corrected chi connectivity index (χ1v) is 4.83. The molecule has 1 heterocycles. The van der Waals surface area contributed by atoms with E-state index < -0.39 is 11.9 Å². The number of hydrogen-bond donors (Lipinski definition) is 3. The first-order chi connectivity index (χ1) is 7.09. The van der Waals surface area contributed by atoms with Crippen LogP contribution in [0.25, 0.3) is 0 Å². The predicted octanol–water partition coefficient (Wildman–Crippen LogP) is -1.64. The molecule has 15 heavy (non-hydrogen) atoms. The van der Waals surface area contributed by atoms with E-state index in [9.17, 15) is 4.79 Å². The van der Waals surface area contributed by atoms with E-state index in [2.05, 4.69) is 10.4 Å². The lowest BCUT2D eigenvalue weighted by Crippen LogP contribution is -2.44. The molecular weight excluding hydrogens is 194 g/mol. The molecule has 0 aliphatic rings. The number of hydrogen-bond acceptors (Lipinski definition) is 4. The van der Waals surface area contributed by atoms with E-state index in [1.165, 1.54) is 0 Å². The van der Waals surface area contributed by atoms with Crippen LogP contribution in [-0.2, 0) is 18.3 Å². The molecule has 0 spiro atoms. The van der Waals surface area contributed by atoms with E-state index in [0.717, 1.165) is 18.7 Å². The van der Waals surface area contributed by atoms with Crippen molar-refractivity contribution in [1.29, 1.82) is 0 Å². The van der Waals surface area contributed by atoms with Gasteiger partial charge in [-0.1, -0.05) is 0 Å². The molecule has 5 N–H and O–H groups in total. The maximum Gasteiger partial charge on any atom is 0.235 e. The monoisotopic (exact) mass is 211 g/mol. The van der Waals surface area contributed by atoms with Gasteiger partial charge in [0.1, 0.15) is 0 Å². The van der Waals surface area contributed by atoms with Crippen LogP contribution in [0.1, 0.15) is 5.69 Å². The van der Waals surface area contributed by atoms with E-state index in [-0.39, 0.29) is 0 Å². The summed E-state index contributed by atoms with van der Waals surface area (Å²) in [6.45, 7) is 1.14.